The fourth-order valence-corrected chi connectivity index (χ4v) is 5.54. The van der Waals surface area contributed by atoms with Crippen molar-refractivity contribution in [2.75, 3.05) is 44.4 Å². The molecule has 3 N–H and O–H groups in total. The van der Waals surface area contributed by atoms with Gasteiger partial charge in [-0.15, -0.1) is 0 Å². The van der Waals surface area contributed by atoms with Crippen molar-refractivity contribution in [3.8, 4) is 0 Å². The zero-order valence-electron chi connectivity index (χ0n) is 23.9. The number of anilines is 2. The van der Waals surface area contributed by atoms with Gasteiger partial charge in [0.2, 0.25) is 5.91 Å². The van der Waals surface area contributed by atoms with Crippen molar-refractivity contribution in [3.05, 3.63) is 88.2 Å². The second-order valence-corrected chi connectivity index (χ2v) is 12.8. The minimum Gasteiger partial charge on any atom is -0.369 e. The van der Waals surface area contributed by atoms with Gasteiger partial charge in [0.25, 0.3) is 11.8 Å². The Morgan fingerprint density at radius 3 is 2.26 bits per heavy atom. The maximum Gasteiger partial charge on any atom is 0.303 e. The van der Waals surface area contributed by atoms with Crippen LogP contribution in [0.3, 0.4) is 0 Å². The average molecular weight is 613 g/mol. The summed E-state index contributed by atoms with van der Waals surface area (Å²) in [6, 6.07) is 15.7. The van der Waals surface area contributed by atoms with Gasteiger partial charge in [-0.05, 0) is 47.4 Å². The molecule has 0 radical (unpaired) electrons. The SMILES string of the molecule is CNC(=O)c1cc(Cl)ncc1NC(=O)C1(c2ccccc2C(C)C)CN(c2ccc(C(=O)NS(=O)(=O)N(C)C)cc2)C1. The number of nitrogens with one attached hydrogen (secondary N) is 3. The molecule has 1 aromatic heterocycles. The number of hydrogen-bond donors (Lipinski definition) is 3. The lowest BCUT2D eigenvalue weighted by Gasteiger charge is -2.51. The lowest BCUT2D eigenvalue weighted by atomic mass is 9.69. The number of carbonyl (C=O) groups excluding carboxylic acids is 3. The molecule has 0 saturated carbocycles. The summed E-state index contributed by atoms with van der Waals surface area (Å²) in [6.07, 6.45) is 1.36. The monoisotopic (exact) mass is 612 g/mol. The van der Waals surface area contributed by atoms with E-state index in [4.69, 9.17) is 11.6 Å². The van der Waals surface area contributed by atoms with Crippen molar-refractivity contribution in [1.29, 1.82) is 0 Å². The van der Waals surface area contributed by atoms with Crippen LogP contribution in [0.25, 0.3) is 0 Å². The number of aromatic nitrogens is 1. The van der Waals surface area contributed by atoms with Gasteiger partial charge in [0.05, 0.1) is 17.4 Å². The number of hydrogen-bond acceptors (Lipinski definition) is 7. The Hall–Kier alpha value is -4.00. The predicted octanol–water partition coefficient (Wildman–Crippen LogP) is 3.15. The van der Waals surface area contributed by atoms with E-state index in [9.17, 15) is 22.8 Å². The summed E-state index contributed by atoms with van der Waals surface area (Å²) in [4.78, 5) is 45.1. The van der Waals surface area contributed by atoms with Crippen LogP contribution < -0.4 is 20.3 Å². The second-order valence-electron chi connectivity index (χ2n) is 10.5. The van der Waals surface area contributed by atoms with Gasteiger partial charge >= 0.3 is 10.2 Å². The third-order valence-electron chi connectivity index (χ3n) is 7.24. The molecular weight excluding hydrogens is 580 g/mol. The lowest BCUT2D eigenvalue weighted by Crippen LogP contribution is -2.65. The van der Waals surface area contributed by atoms with Crippen LogP contribution in [0.1, 0.15) is 51.6 Å². The third-order valence-corrected chi connectivity index (χ3v) is 8.85. The van der Waals surface area contributed by atoms with E-state index >= 15 is 0 Å². The van der Waals surface area contributed by atoms with Gasteiger partial charge in [0, 0.05) is 45.5 Å². The van der Waals surface area contributed by atoms with Crippen LogP contribution in [0, 0.1) is 0 Å². The van der Waals surface area contributed by atoms with Gasteiger partial charge in [0.15, 0.2) is 0 Å². The third kappa shape index (κ3) is 6.10. The zero-order chi connectivity index (χ0) is 30.8. The Labute approximate surface area is 250 Å². The summed E-state index contributed by atoms with van der Waals surface area (Å²) >= 11 is 6.03. The Balaban J connectivity index is 1.64. The Morgan fingerprint density at radius 1 is 1.02 bits per heavy atom. The lowest BCUT2D eigenvalue weighted by molar-refractivity contribution is -0.122. The molecule has 4 rings (SSSR count). The second kappa shape index (κ2) is 12.1. The summed E-state index contributed by atoms with van der Waals surface area (Å²) in [6.45, 7) is 4.76. The summed E-state index contributed by atoms with van der Waals surface area (Å²) < 4.78 is 27.0. The van der Waals surface area contributed by atoms with E-state index in [0.717, 1.165) is 21.1 Å². The van der Waals surface area contributed by atoms with Crippen molar-refractivity contribution in [1.82, 2.24) is 19.3 Å². The van der Waals surface area contributed by atoms with Gasteiger partial charge < -0.3 is 15.5 Å². The van der Waals surface area contributed by atoms with E-state index in [2.05, 4.69) is 29.5 Å². The molecule has 222 valence electrons. The standard InChI is InChI=1S/C29H33ClN6O5S/c1-18(2)21-8-6-7-9-23(21)29(28(39)33-24-15-32-25(30)14-22(24)27(38)31-3)16-36(17-29)20-12-10-19(11-13-20)26(37)34-42(40,41)35(4)5/h6-15,18H,16-17H2,1-5H3,(H,31,38)(H,33,39)(H,34,37). The number of benzene rings is 2. The summed E-state index contributed by atoms with van der Waals surface area (Å²) in [7, 11) is 0.209. The van der Waals surface area contributed by atoms with E-state index in [-0.39, 0.29) is 33.8 Å². The average Bonchev–Trinajstić information content (AvgIpc) is 2.93. The van der Waals surface area contributed by atoms with Gasteiger partial charge in [-0.1, -0.05) is 49.7 Å². The first-order valence-corrected chi connectivity index (χ1v) is 15.0. The van der Waals surface area contributed by atoms with E-state index in [1.54, 1.807) is 12.1 Å². The number of halogens is 1. The smallest absolute Gasteiger partial charge is 0.303 e. The van der Waals surface area contributed by atoms with Crippen LogP contribution in [0.4, 0.5) is 11.4 Å². The van der Waals surface area contributed by atoms with Gasteiger partial charge in [0.1, 0.15) is 10.6 Å². The fraction of sp³-hybridized carbons (Fsp3) is 0.310. The minimum atomic E-state index is -3.93. The van der Waals surface area contributed by atoms with Crippen molar-refractivity contribution in [2.45, 2.75) is 25.2 Å². The summed E-state index contributed by atoms with van der Waals surface area (Å²) in [5, 5.41) is 5.60. The van der Waals surface area contributed by atoms with Gasteiger partial charge in [-0.2, -0.15) is 12.7 Å². The molecule has 0 spiro atoms. The van der Waals surface area contributed by atoms with E-state index in [1.165, 1.54) is 45.5 Å². The first-order valence-electron chi connectivity index (χ1n) is 13.2. The number of carbonyl (C=O) groups is 3. The Kier molecular flexibility index (Phi) is 8.90. The molecule has 0 atom stereocenters. The van der Waals surface area contributed by atoms with Crippen molar-refractivity contribution in [2.24, 2.45) is 0 Å². The molecule has 3 aromatic rings. The van der Waals surface area contributed by atoms with E-state index in [1.807, 2.05) is 33.9 Å². The molecule has 11 nitrogen and oxygen atoms in total. The largest absolute Gasteiger partial charge is 0.369 e. The molecule has 2 heterocycles. The molecule has 1 fully saturated rings. The molecule has 3 amide bonds. The maximum atomic E-state index is 14.1. The normalized spacial score (nSPS) is 14.3. The van der Waals surface area contributed by atoms with Crippen LogP contribution in [-0.2, 0) is 20.4 Å². The molecule has 2 aromatic carbocycles. The highest BCUT2D eigenvalue weighted by molar-refractivity contribution is 7.87. The molecular formula is C29H33ClN6O5S. The molecule has 1 aliphatic rings. The first-order chi connectivity index (χ1) is 19.8. The Bertz CT molecular complexity index is 1620. The van der Waals surface area contributed by atoms with Crippen LogP contribution in [0.15, 0.2) is 60.8 Å². The van der Waals surface area contributed by atoms with Crippen LogP contribution in [0.5, 0.6) is 0 Å². The highest BCUT2D eigenvalue weighted by Crippen LogP contribution is 2.42. The first kappa shape index (κ1) is 30.9. The van der Waals surface area contributed by atoms with Crippen LogP contribution >= 0.6 is 11.6 Å². The minimum absolute atomic E-state index is 0.123. The topological polar surface area (TPSA) is 141 Å². The van der Waals surface area contributed by atoms with Gasteiger partial charge in [-0.25, -0.2) is 9.71 Å². The quantitative estimate of drug-likeness (QED) is 0.315. The van der Waals surface area contributed by atoms with Crippen molar-refractivity contribution in [3.63, 3.8) is 0 Å². The molecule has 0 bridgehead atoms. The number of pyridine rings is 1. The van der Waals surface area contributed by atoms with Crippen LogP contribution in [-0.4, -0.2) is 69.7 Å². The molecule has 42 heavy (non-hydrogen) atoms. The van der Waals surface area contributed by atoms with Crippen LogP contribution in [0.2, 0.25) is 5.15 Å². The fourth-order valence-electron chi connectivity index (χ4n) is 4.85. The number of amides is 3. The highest BCUT2D eigenvalue weighted by atomic mass is 35.5. The van der Waals surface area contributed by atoms with Crippen molar-refractivity contribution >= 4 is 50.9 Å². The van der Waals surface area contributed by atoms with E-state index < -0.39 is 27.4 Å². The summed E-state index contributed by atoms with van der Waals surface area (Å²) in [5.74, 6) is -1.31. The maximum absolute atomic E-state index is 14.1. The molecule has 0 aliphatic carbocycles. The molecule has 13 heteroatoms. The zero-order valence-corrected chi connectivity index (χ0v) is 25.5. The molecule has 1 saturated heterocycles. The predicted molar refractivity (Wildman–Crippen MR) is 162 cm³/mol. The summed E-state index contributed by atoms with van der Waals surface area (Å²) in [5.41, 5.74) is 2.31. The van der Waals surface area contributed by atoms with E-state index in [0.29, 0.717) is 13.1 Å². The van der Waals surface area contributed by atoms with Crippen molar-refractivity contribution < 1.29 is 22.8 Å². The Morgan fingerprint density at radius 2 is 1.67 bits per heavy atom. The number of nitrogens with zero attached hydrogens (tertiary/aromatic N) is 3. The van der Waals surface area contributed by atoms with Gasteiger partial charge in [-0.3, -0.25) is 14.4 Å². The molecule has 0 unspecified atom stereocenters. The molecule has 1 aliphatic heterocycles. The highest BCUT2D eigenvalue weighted by Gasteiger charge is 2.52. The number of rotatable bonds is 9.